The summed E-state index contributed by atoms with van der Waals surface area (Å²) in [4.78, 5) is 16.7. The summed E-state index contributed by atoms with van der Waals surface area (Å²) < 4.78 is 5.69. The molecule has 150 valence electrons. The number of hydrogen-bond donors (Lipinski definition) is 2. The lowest BCUT2D eigenvalue weighted by Gasteiger charge is -2.08. The topological polar surface area (TPSA) is 67.2 Å². The van der Waals surface area contributed by atoms with Gasteiger partial charge >= 0.3 is 6.03 Å². The zero-order valence-corrected chi connectivity index (χ0v) is 17.0. The Kier molecular flexibility index (Phi) is 5.61. The molecular weight excluding hydrogens is 374 g/mol. The highest BCUT2D eigenvalue weighted by atomic mass is 16.3. The number of oxazole rings is 1. The van der Waals surface area contributed by atoms with Gasteiger partial charge in [0, 0.05) is 23.4 Å². The van der Waals surface area contributed by atoms with E-state index in [0.29, 0.717) is 18.1 Å². The van der Waals surface area contributed by atoms with Crippen LogP contribution < -0.4 is 10.6 Å². The number of aryl methyl sites for hydroxylation is 2. The number of anilines is 1. The number of carbonyl (C=O) groups excluding carboxylic acids is 1. The maximum absolute atomic E-state index is 12.1. The second kappa shape index (κ2) is 8.66. The van der Waals surface area contributed by atoms with Crippen molar-refractivity contribution in [2.45, 2.75) is 20.4 Å². The van der Waals surface area contributed by atoms with E-state index < -0.39 is 0 Å². The van der Waals surface area contributed by atoms with E-state index >= 15 is 0 Å². The fourth-order valence-electron chi connectivity index (χ4n) is 3.28. The van der Waals surface area contributed by atoms with Crippen LogP contribution in [0.5, 0.6) is 0 Å². The van der Waals surface area contributed by atoms with Crippen molar-refractivity contribution < 1.29 is 9.21 Å². The first-order valence-electron chi connectivity index (χ1n) is 9.81. The Hall–Kier alpha value is -3.86. The van der Waals surface area contributed by atoms with Gasteiger partial charge in [0.2, 0.25) is 5.89 Å². The van der Waals surface area contributed by atoms with Crippen LogP contribution >= 0.6 is 0 Å². The Morgan fingerprint density at radius 2 is 1.73 bits per heavy atom. The molecule has 2 N–H and O–H groups in total. The third-order valence-electron chi connectivity index (χ3n) is 4.85. The first-order valence-corrected chi connectivity index (χ1v) is 9.81. The highest BCUT2D eigenvalue weighted by Crippen LogP contribution is 2.28. The van der Waals surface area contributed by atoms with Crippen molar-refractivity contribution >= 4 is 11.7 Å². The van der Waals surface area contributed by atoms with Crippen molar-refractivity contribution in [1.82, 2.24) is 10.3 Å². The number of hydrogen-bond acceptors (Lipinski definition) is 3. The van der Waals surface area contributed by atoms with E-state index in [4.69, 9.17) is 4.42 Å². The van der Waals surface area contributed by atoms with Gasteiger partial charge in [0.1, 0.15) is 12.0 Å². The van der Waals surface area contributed by atoms with Crippen LogP contribution in [0, 0.1) is 13.8 Å². The number of nitrogens with one attached hydrogen (secondary N) is 2. The molecule has 0 atom stereocenters. The number of carbonyl (C=O) groups is 1. The SMILES string of the molecule is Cc1ccc(-c2coc(-c3ccc(NC(=O)NCc4ccccc4)cc3)n2)c(C)c1. The molecule has 0 aliphatic carbocycles. The molecule has 0 fully saturated rings. The second-order valence-corrected chi connectivity index (χ2v) is 7.23. The first kappa shape index (κ1) is 19.5. The summed E-state index contributed by atoms with van der Waals surface area (Å²) in [7, 11) is 0. The summed E-state index contributed by atoms with van der Waals surface area (Å²) >= 11 is 0. The molecule has 5 nitrogen and oxygen atoms in total. The summed E-state index contributed by atoms with van der Waals surface area (Å²) in [5, 5.41) is 5.68. The minimum atomic E-state index is -0.250. The average molecular weight is 397 g/mol. The molecule has 3 aromatic carbocycles. The van der Waals surface area contributed by atoms with Gasteiger partial charge in [0.05, 0.1) is 0 Å². The molecule has 5 heteroatoms. The van der Waals surface area contributed by atoms with Gasteiger partial charge in [-0.3, -0.25) is 0 Å². The normalized spacial score (nSPS) is 10.6. The molecule has 0 aliphatic rings. The summed E-state index contributed by atoms with van der Waals surface area (Å²) in [5.41, 5.74) is 6.85. The summed E-state index contributed by atoms with van der Waals surface area (Å²) in [6.45, 7) is 4.62. The van der Waals surface area contributed by atoms with Crippen LogP contribution in [0.2, 0.25) is 0 Å². The molecule has 0 unspecified atom stereocenters. The van der Waals surface area contributed by atoms with Crippen LogP contribution in [0.1, 0.15) is 16.7 Å². The standard InChI is InChI=1S/C25H23N3O2/c1-17-8-13-22(18(2)14-17)23-16-30-24(28-23)20-9-11-21(12-10-20)27-25(29)26-15-19-6-4-3-5-7-19/h3-14,16H,15H2,1-2H3,(H2,26,27,29). The Balaban J connectivity index is 1.40. The summed E-state index contributed by atoms with van der Waals surface area (Å²) in [6.07, 6.45) is 1.68. The van der Waals surface area contributed by atoms with E-state index in [2.05, 4.69) is 47.7 Å². The number of benzene rings is 3. The van der Waals surface area contributed by atoms with Gasteiger partial charge in [-0.2, -0.15) is 0 Å². The van der Waals surface area contributed by atoms with E-state index in [1.807, 2.05) is 54.6 Å². The van der Waals surface area contributed by atoms with Gasteiger partial charge in [-0.15, -0.1) is 0 Å². The van der Waals surface area contributed by atoms with Crippen LogP contribution in [0.3, 0.4) is 0 Å². The van der Waals surface area contributed by atoms with Crippen LogP contribution in [-0.4, -0.2) is 11.0 Å². The predicted octanol–water partition coefficient (Wildman–Crippen LogP) is 5.95. The fraction of sp³-hybridized carbons (Fsp3) is 0.120. The van der Waals surface area contributed by atoms with Gasteiger partial charge in [0.15, 0.2) is 0 Å². The molecule has 30 heavy (non-hydrogen) atoms. The molecule has 0 saturated carbocycles. The van der Waals surface area contributed by atoms with Gasteiger partial charge < -0.3 is 15.1 Å². The van der Waals surface area contributed by atoms with Crippen molar-refractivity contribution in [2.24, 2.45) is 0 Å². The van der Waals surface area contributed by atoms with Gasteiger partial charge in [-0.05, 0) is 49.2 Å². The molecule has 0 spiro atoms. The van der Waals surface area contributed by atoms with Gasteiger partial charge in [-0.25, -0.2) is 9.78 Å². The highest BCUT2D eigenvalue weighted by Gasteiger charge is 2.11. The first-order chi connectivity index (χ1) is 14.6. The van der Waals surface area contributed by atoms with Crippen LogP contribution in [0.15, 0.2) is 83.5 Å². The second-order valence-electron chi connectivity index (χ2n) is 7.23. The average Bonchev–Trinajstić information content (AvgIpc) is 3.23. The lowest BCUT2D eigenvalue weighted by Crippen LogP contribution is -2.28. The molecule has 0 radical (unpaired) electrons. The minimum absolute atomic E-state index is 0.250. The van der Waals surface area contributed by atoms with Crippen LogP contribution in [0.25, 0.3) is 22.7 Å². The summed E-state index contributed by atoms with van der Waals surface area (Å²) in [5.74, 6) is 0.546. The zero-order valence-electron chi connectivity index (χ0n) is 17.0. The minimum Gasteiger partial charge on any atom is -0.444 e. The fourth-order valence-corrected chi connectivity index (χ4v) is 3.28. The van der Waals surface area contributed by atoms with Crippen LogP contribution in [-0.2, 0) is 6.54 Å². The Bertz CT molecular complexity index is 1150. The number of rotatable bonds is 5. The third kappa shape index (κ3) is 4.58. The number of urea groups is 1. The quantitative estimate of drug-likeness (QED) is 0.437. The number of nitrogens with zero attached hydrogens (tertiary/aromatic N) is 1. The van der Waals surface area contributed by atoms with E-state index in [1.165, 1.54) is 5.56 Å². The maximum Gasteiger partial charge on any atom is 0.319 e. The molecule has 0 saturated heterocycles. The van der Waals surface area contributed by atoms with Gasteiger partial charge in [0.25, 0.3) is 0 Å². The van der Waals surface area contributed by atoms with E-state index in [0.717, 1.165) is 27.9 Å². The number of amides is 2. The largest absolute Gasteiger partial charge is 0.444 e. The monoisotopic (exact) mass is 397 g/mol. The van der Waals surface area contributed by atoms with E-state index in [9.17, 15) is 4.79 Å². The van der Waals surface area contributed by atoms with Crippen molar-refractivity contribution in [1.29, 1.82) is 0 Å². The molecule has 2 amide bonds. The van der Waals surface area contributed by atoms with Crippen molar-refractivity contribution in [2.75, 3.05) is 5.32 Å². The predicted molar refractivity (Wildman–Crippen MR) is 119 cm³/mol. The van der Waals surface area contributed by atoms with E-state index in [1.54, 1.807) is 6.26 Å². The van der Waals surface area contributed by atoms with E-state index in [-0.39, 0.29) is 6.03 Å². The van der Waals surface area contributed by atoms with Crippen LogP contribution in [0.4, 0.5) is 10.5 Å². The smallest absolute Gasteiger partial charge is 0.319 e. The number of aromatic nitrogens is 1. The Labute approximate surface area is 175 Å². The lowest BCUT2D eigenvalue weighted by molar-refractivity contribution is 0.251. The van der Waals surface area contributed by atoms with Crippen molar-refractivity contribution in [3.63, 3.8) is 0 Å². The molecule has 1 heterocycles. The molecular formula is C25H23N3O2. The van der Waals surface area contributed by atoms with Crippen molar-refractivity contribution in [3.05, 3.63) is 95.7 Å². The van der Waals surface area contributed by atoms with Crippen molar-refractivity contribution in [3.8, 4) is 22.7 Å². The lowest BCUT2D eigenvalue weighted by atomic mass is 10.0. The highest BCUT2D eigenvalue weighted by molar-refractivity contribution is 5.89. The third-order valence-corrected chi connectivity index (χ3v) is 4.85. The molecule has 1 aromatic heterocycles. The van der Waals surface area contributed by atoms with Gasteiger partial charge in [-0.1, -0.05) is 54.1 Å². The molecule has 4 aromatic rings. The molecule has 0 bridgehead atoms. The Morgan fingerprint density at radius 3 is 2.47 bits per heavy atom. The molecule has 0 aliphatic heterocycles. The zero-order chi connectivity index (χ0) is 20.9. The molecule has 4 rings (SSSR count). The summed E-state index contributed by atoms with van der Waals surface area (Å²) in [6, 6.07) is 23.2. The maximum atomic E-state index is 12.1. The Morgan fingerprint density at radius 1 is 0.967 bits per heavy atom.